The molecule has 0 fully saturated rings. The molecular weight excluding hydrogens is 276 g/mol. The molecule has 0 bridgehead atoms. The summed E-state index contributed by atoms with van der Waals surface area (Å²) in [7, 11) is 3.46. The van der Waals surface area contributed by atoms with E-state index in [-0.39, 0.29) is 12.5 Å². The number of guanidine groups is 1. The van der Waals surface area contributed by atoms with Crippen molar-refractivity contribution < 1.29 is 4.79 Å². The largest absolute Gasteiger partial charge is 0.353 e. The van der Waals surface area contributed by atoms with Crippen LogP contribution in [0.15, 0.2) is 41.4 Å². The van der Waals surface area contributed by atoms with Crippen LogP contribution in [0.25, 0.3) is 0 Å². The fourth-order valence-corrected chi connectivity index (χ4v) is 1.71. The molecule has 5 nitrogen and oxygen atoms in total. The van der Waals surface area contributed by atoms with Gasteiger partial charge in [-0.25, -0.2) is 4.99 Å². The van der Waals surface area contributed by atoms with Gasteiger partial charge in [-0.15, -0.1) is 0 Å². The van der Waals surface area contributed by atoms with Crippen LogP contribution in [0, 0.1) is 6.92 Å². The summed E-state index contributed by atoms with van der Waals surface area (Å²) in [6, 6.07) is 8.22. The second-order valence-corrected chi connectivity index (χ2v) is 5.61. The molecule has 0 spiro atoms. The summed E-state index contributed by atoms with van der Waals surface area (Å²) in [6.45, 7) is 9.25. The summed E-state index contributed by atoms with van der Waals surface area (Å²) in [5, 5.41) is 6.21. The van der Waals surface area contributed by atoms with Gasteiger partial charge in [0.25, 0.3) is 0 Å². The van der Waals surface area contributed by atoms with Gasteiger partial charge in [-0.05, 0) is 19.4 Å². The summed E-state index contributed by atoms with van der Waals surface area (Å²) in [5.74, 6) is 0.611. The molecule has 0 saturated carbocycles. The summed E-state index contributed by atoms with van der Waals surface area (Å²) >= 11 is 0. The average Bonchev–Trinajstić information content (AvgIpc) is 2.45. The summed E-state index contributed by atoms with van der Waals surface area (Å²) in [6.07, 6.45) is 0. The SMILES string of the molecule is C=C(C)CNC(=NCc1cccc(C)c1)NCC(=O)N(C)C. The lowest BCUT2D eigenvalue weighted by atomic mass is 10.1. The molecule has 22 heavy (non-hydrogen) atoms. The van der Waals surface area contributed by atoms with Crippen LogP contribution in [0.1, 0.15) is 18.1 Å². The van der Waals surface area contributed by atoms with E-state index in [4.69, 9.17) is 0 Å². The number of nitrogens with zero attached hydrogens (tertiary/aromatic N) is 2. The third-order valence-corrected chi connectivity index (χ3v) is 2.97. The fraction of sp³-hybridized carbons (Fsp3) is 0.412. The van der Waals surface area contributed by atoms with Gasteiger partial charge in [0.05, 0.1) is 13.1 Å². The molecule has 0 aromatic heterocycles. The van der Waals surface area contributed by atoms with E-state index >= 15 is 0 Å². The molecular formula is C17H26N4O. The highest BCUT2D eigenvalue weighted by atomic mass is 16.2. The number of aliphatic imine (C=N–C) groups is 1. The molecule has 1 aromatic carbocycles. The number of amides is 1. The predicted octanol–water partition coefficient (Wildman–Crippen LogP) is 1.69. The summed E-state index contributed by atoms with van der Waals surface area (Å²) in [5.41, 5.74) is 3.35. The van der Waals surface area contributed by atoms with Crippen molar-refractivity contribution in [3.8, 4) is 0 Å². The highest BCUT2D eigenvalue weighted by molar-refractivity contribution is 5.86. The van der Waals surface area contributed by atoms with Gasteiger partial charge in [0, 0.05) is 20.6 Å². The van der Waals surface area contributed by atoms with Crippen LogP contribution in [0.5, 0.6) is 0 Å². The Kier molecular flexibility index (Phi) is 7.16. The third kappa shape index (κ3) is 6.92. The molecule has 1 amide bonds. The van der Waals surface area contributed by atoms with Gasteiger partial charge in [0.15, 0.2) is 5.96 Å². The predicted molar refractivity (Wildman–Crippen MR) is 91.8 cm³/mol. The lowest BCUT2D eigenvalue weighted by Gasteiger charge is -2.15. The number of carbonyl (C=O) groups excluding carboxylic acids is 1. The summed E-state index contributed by atoms with van der Waals surface area (Å²) in [4.78, 5) is 17.7. The molecule has 0 aliphatic rings. The Hall–Kier alpha value is -2.30. The van der Waals surface area contributed by atoms with Crippen LogP contribution < -0.4 is 10.6 Å². The molecule has 0 aliphatic heterocycles. The van der Waals surface area contributed by atoms with Crippen LogP contribution >= 0.6 is 0 Å². The highest BCUT2D eigenvalue weighted by Gasteiger charge is 2.05. The number of carbonyl (C=O) groups is 1. The number of hydrogen-bond acceptors (Lipinski definition) is 2. The van der Waals surface area contributed by atoms with Gasteiger partial charge in [0.1, 0.15) is 0 Å². The number of hydrogen-bond donors (Lipinski definition) is 2. The summed E-state index contributed by atoms with van der Waals surface area (Å²) < 4.78 is 0. The van der Waals surface area contributed by atoms with Crippen LogP contribution in [-0.2, 0) is 11.3 Å². The number of likely N-dealkylation sites (N-methyl/N-ethyl adjacent to an activating group) is 1. The first kappa shape index (κ1) is 17.8. The van der Waals surface area contributed by atoms with E-state index in [2.05, 4.69) is 41.3 Å². The molecule has 0 radical (unpaired) electrons. The van der Waals surface area contributed by atoms with Gasteiger partial charge < -0.3 is 15.5 Å². The quantitative estimate of drug-likeness (QED) is 0.478. The van der Waals surface area contributed by atoms with E-state index in [0.29, 0.717) is 19.0 Å². The van der Waals surface area contributed by atoms with E-state index in [9.17, 15) is 4.79 Å². The fourth-order valence-electron chi connectivity index (χ4n) is 1.71. The molecule has 0 unspecified atom stereocenters. The van der Waals surface area contributed by atoms with Crippen LogP contribution in [0.2, 0.25) is 0 Å². The number of nitrogens with one attached hydrogen (secondary N) is 2. The Balaban J connectivity index is 2.68. The van der Waals surface area contributed by atoms with Crippen molar-refractivity contribution >= 4 is 11.9 Å². The van der Waals surface area contributed by atoms with Crippen molar-refractivity contribution in [2.45, 2.75) is 20.4 Å². The van der Waals surface area contributed by atoms with Crippen molar-refractivity contribution in [2.24, 2.45) is 4.99 Å². The number of benzene rings is 1. The smallest absolute Gasteiger partial charge is 0.241 e. The first-order valence-electron chi connectivity index (χ1n) is 7.30. The lowest BCUT2D eigenvalue weighted by Crippen LogP contribution is -2.43. The topological polar surface area (TPSA) is 56.7 Å². The van der Waals surface area contributed by atoms with E-state index < -0.39 is 0 Å². The van der Waals surface area contributed by atoms with Gasteiger partial charge in [-0.2, -0.15) is 0 Å². The zero-order valence-corrected chi connectivity index (χ0v) is 13.9. The standard InChI is InChI=1S/C17H26N4O/c1-13(2)10-18-17(20-12-16(22)21(4)5)19-11-15-8-6-7-14(3)9-15/h6-9H,1,10-12H2,2-5H3,(H2,18,19,20). The Labute approximate surface area is 133 Å². The van der Waals surface area contributed by atoms with Crippen molar-refractivity contribution in [3.63, 3.8) is 0 Å². The van der Waals surface area contributed by atoms with Crippen molar-refractivity contribution in [2.75, 3.05) is 27.2 Å². The zero-order chi connectivity index (χ0) is 16.5. The maximum absolute atomic E-state index is 11.7. The zero-order valence-electron chi connectivity index (χ0n) is 13.9. The highest BCUT2D eigenvalue weighted by Crippen LogP contribution is 2.05. The molecule has 0 aliphatic carbocycles. The molecule has 0 atom stereocenters. The Bertz CT molecular complexity index is 549. The Morgan fingerprint density at radius 3 is 2.55 bits per heavy atom. The maximum atomic E-state index is 11.7. The second-order valence-electron chi connectivity index (χ2n) is 5.61. The van der Waals surface area contributed by atoms with Crippen LogP contribution in [0.3, 0.4) is 0 Å². The molecule has 2 N–H and O–H groups in total. The normalized spacial score (nSPS) is 11.0. The Morgan fingerprint density at radius 1 is 1.27 bits per heavy atom. The minimum atomic E-state index is 0.000352. The lowest BCUT2D eigenvalue weighted by molar-refractivity contribution is -0.127. The van der Waals surface area contributed by atoms with Gasteiger partial charge in [-0.3, -0.25) is 4.79 Å². The molecule has 1 rings (SSSR count). The Morgan fingerprint density at radius 2 is 1.95 bits per heavy atom. The molecule has 0 saturated heterocycles. The number of rotatable bonds is 6. The van der Waals surface area contributed by atoms with Gasteiger partial charge >= 0.3 is 0 Å². The first-order valence-corrected chi connectivity index (χ1v) is 7.30. The van der Waals surface area contributed by atoms with Gasteiger partial charge in [-0.1, -0.05) is 42.0 Å². The second kappa shape index (κ2) is 8.87. The number of aryl methyl sites for hydroxylation is 1. The minimum Gasteiger partial charge on any atom is -0.353 e. The van der Waals surface area contributed by atoms with E-state index in [1.54, 1.807) is 19.0 Å². The van der Waals surface area contributed by atoms with Crippen LogP contribution in [0.4, 0.5) is 0 Å². The molecule has 120 valence electrons. The third-order valence-electron chi connectivity index (χ3n) is 2.97. The van der Waals surface area contributed by atoms with E-state index in [0.717, 1.165) is 11.1 Å². The van der Waals surface area contributed by atoms with Gasteiger partial charge in [0.2, 0.25) is 5.91 Å². The molecule has 0 heterocycles. The van der Waals surface area contributed by atoms with Crippen molar-refractivity contribution in [1.82, 2.24) is 15.5 Å². The van der Waals surface area contributed by atoms with Crippen molar-refractivity contribution in [3.05, 3.63) is 47.5 Å². The maximum Gasteiger partial charge on any atom is 0.241 e. The van der Waals surface area contributed by atoms with E-state index in [1.165, 1.54) is 5.56 Å². The monoisotopic (exact) mass is 302 g/mol. The first-order chi connectivity index (χ1) is 10.4. The van der Waals surface area contributed by atoms with Crippen molar-refractivity contribution in [1.29, 1.82) is 0 Å². The van der Waals surface area contributed by atoms with Crippen LogP contribution in [-0.4, -0.2) is 44.0 Å². The molecule has 5 heteroatoms. The minimum absolute atomic E-state index is 0.000352. The molecule has 1 aromatic rings. The average molecular weight is 302 g/mol. The van der Waals surface area contributed by atoms with E-state index in [1.807, 2.05) is 19.1 Å².